The molecule has 2 aromatic heterocycles. The molecule has 3 heterocycles. The first-order valence-corrected chi connectivity index (χ1v) is 14.8. The Kier molecular flexibility index (Phi) is 10.7. The summed E-state index contributed by atoms with van der Waals surface area (Å²) in [5.41, 5.74) is 4.11. The highest BCUT2D eigenvalue weighted by Gasteiger charge is 2.31. The second kappa shape index (κ2) is 14.3. The first kappa shape index (κ1) is 33.8. The summed E-state index contributed by atoms with van der Waals surface area (Å²) >= 11 is 0. The molecule has 1 fully saturated rings. The lowest BCUT2D eigenvalue weighted by Gasteiger charge is -2.35. The van der Waals surface area contributed by atoms with Crippen molar-refractivity contribution in [3.63, 3.8) is 0 Å². The Morgan fingerprint density at radius 3 is 1.96 bits per heavy atom. The third kappa shape index (κ3) is 7.58. The maximum atomic E-state index is 6.23. The second-order valence-corrected chi connectivity index (χ2v) is 11.6. The Labute approximate surface area is 264 Å². The summed E-state index contributed by atoms with van der Waals surface area (Å²) < 4.78 is 42.7. The number of rotatable bonds is 12. The third-order valence-corrected chi connectivity index (χ3v) is 7.60. The van der Waals surface area contributed by atoms with E-state index in [9.17, 15) is 0 Å². The van der Waals surface area contributed by atoms with Gasteiger partial charge < -0.3 is 43.9 Å². The van der Waals surface area contributed by atoms with Crippen LogP contribution in [0, 0.1) is 5.92 Å². The number of benzene rings is 2. The molecule has 0 aliphatic carbocycles. The Balaban J connectivity index is 0.00000461. The van der Waals surface area contributed by atoms with Crippen LogP contribution in [0.2, 0.25) is 0 Å². The molecule has 3 N–H and O–H groups in total. The van der Waals surface area contributed by atoms with Crippen LogP contribution in [0.5, 0.6) is 28.9 Å². The molecule has 5 rings (SSSR count). The number of nitrogens with zero attached hydrogens (tertiary/aromatic N) is 4. The molecule has 0 bridgehead atoms. The molecule has 4 aromatic rings. The number of hydrogen-bond acceptors (Lipinski definition) is 11. The Hall–Kier alpha value is -4.13. The maximum absolute atomic E-state index is 6.23. The predicted octanol–water partition coefficient (Wildman–Crippen LogP) is 5.39. The highest BCUT2D eigenvalue weighted by molar-refractivity contribution is 5.83. The SMILES string of the molecule is COc1ccc(Cc2nnc(OC(C)C)c3c2nc(Cc2ccc(OC)cc2OC)n3CC2COC(C)(C)OC2)c(OC)c1.N. The molecule has 12 nitrogen and oxygen atoms in total. The predicted molar refractivity (Wildman–Crippen MR) is 170 cm³/mol. The van der Waals surface area contributed by atoms with Gasteiger partial charge in [0.05, 0.1) is 53.5 Å². The molecule has 0 atom stereocenters. The fourth-order valence-corrected chi connectivity index (χ4v) is 5.31. The van der Waals surface area contributed by atoms with Crippen LogP contribution in [-0.2, 0) is 28.9 Å². The molecule has 0 saturated carbocycles. The molecule has 1 saturated heterocycles. The van der Waals surface area contributed by atoms with Crippen LogP contribution in [0.25, 0.3) is 11.0 Å². The van der Waals surface area contributed by atoms with Crippen LogP contribution >= 0.6 is 0 Å². The van der Waals surface area contributed by atoms with Gasteiger partial charge in [0.2, 0.25) is 0 Å². The van der Waals surface area contributed by atoms with Gasteiger partial charge in [0.1, 0.15) is 39.9 Å². The molecular formula is C33H45N5O7. The van der Waals surface area contributed by atoms with E-state index in [1.807, 2.05) is 64.1 Å². The van der Waals surface area contributed by atoms with E-state index >= 15 is 0 Å². The van der Waals surface area contributed by atoms with Gasteiger partial charge >= 0.3 is 0 Å². The molecule has 12 heteroatoms. The summed E-state index contributed by atoms with van der Waals surface area (Å²) in [5.74, 6) is 3.56. The van der Waals surface area contributed by atoms with Gasteiger partial charge in [-0.1, -0.05) is 12.1 Å². The normalized spacial score (nSPS) is 14.7. The van der Waals surface area contributed by atoms with Crippen molar-refractivity contribution >= 4 is 11.0 Å². The monoisotopic (exact) mass is 623 g/mol. The zero-order valence-electron chi connectivity index (χ0n) is 27.5. The zero-order valence-corrected chi connectivity index (χ0v) is 27.5. The number of fused-ring (bicyclic) bond motifs is 1. The minimum atomic E-state index is -0.616. The molecule has 0 spiro atoms. The van der Waals surface area contributed by atoms with Gasteiger partial charge in [-0.15, -0.1) is 10.2 Å². The van der Waals surface area contributed by atoms with Crippen molar-refractivity contribution in [2.45, 2.75) is 59.0 Å². The molecule has 1 aliphatic heterocycles. The lowest BCUT2D eigenvalue weighted by molar-refractivity contribution is -0.263. The van der Waals surface area contributed by atoms with E-state index in [1.54, 1.807) is 28.4 Å². The number of aromatic nitrogens is 4. The average Bonchev–Trinajstić information content (AvgIpc) is 3.37. The van der Waals surface area contributed by atoms with Gasteiger partial charge in [-0.25, -0.2) is 4.98 Å². The molecule has 2 aromatic carbocycles. The van der Waals surface area contributed by atoms with Gasteiger partial charge in [0.15, 0.2) is 5.79 Å². The second-order valence-electron chi connectivity index (χ2n) is 11.6. The number of ether oxygens (including phenoxy) is 7. The van der Waals surface area contributed by atoms with E-state index < -0.39 is 5.79 Å². The fourth-order valence-electron chi connectivity index (χ4n) is 5.31. The minimum absolute atomic E-state index is 0. The lowest BCUT2D eigenvalue weighted by atomic mass is 10.1. The van der Waals surface area contributed by atoms with Crippen molar-refractivity contribution in [1.82, 2.24) is 25.9 Å². The van der Waals surface area contributed by atoms with E-state index in [4.69, 9.17) is 38.1 Å². The van der Waals surface area contributed by atoms with Crippen LogP contribution in [0.15, 0.2) is 36.4 Å². The third-order valence-electron chi connectivity index (χ3n) is 7.60. The molecular weight excluding hydrogens is 578 g/mol. The highest BCUT2D eigenvalue weighted by Crippen LogP contribution is 2.34. The van der Waals surface area contributed by atoms with Crippen molar-refractivity contribution < 1.29 is 33.2 Å². The van der Waals surface area contributed by atoms with Crippen molar-refractivity contribution in [1.29, 1.82) is 0 Å². The number of methoxy groups -OCH3 is 4. The smallest absolute Gasteiger partial charge is 0.260 e. The van der Waals surface area contributed by atoms with E-state index in [1.165, 1.54) is 0 Å². The maximum Gasteiger partial charge on any atom is 0.260 e. The van der Waals surface area contributed by atoms with E-state index in [0.717, 1.165) is 28.2 Å². The fraction of sp³-hybridized carbons (Fsp3) is 0.485. The van der Waals surface area contributed by atoms with Crippen LogP contribution in [-0.4, -0.2) is 73.3 Å². The Morgan fingerprint density at radius 2 is 1.42 bits per heavy atom. The topological polar surface area (TPSA) is 143 Å². The molecule has 0 amide bonds. The first-order valence-electron chi connectivity index (χ1n) is 14.8. The summed E-state index contributed by atoms with van der Waals surface area (Å²) in [7, 11) is 6.57. The minimum Gasteiger partial charge on any atom is -0.497 e. The van der Waals surface area contributed by atoms with Crippen molar-refractivity contribution in [3.05, 3.63) is 59.0 Å². The van der Waals surface area contributed by atoms with Crippen molar-refractivity contribution in [3.8, 4) is 28.9 Å². The Bertz CT molecular complexity index is 1590. The van der Waals surface area contributed by atoms with E-state index in [-0.39, 0.29) is 18.2 Å². The summed E-state index contributed by atoms with van der Waals surface area (Å²) in [4.78, 5) is 5.22. The molecule has 244 valence electrons. The first-order chi connectivity index (χ1) is 21.1. The van der Waals surface area contributed by atoms with Gasteiger partial charge in [0, 0.05) is 48.6 Å². The molecule has 0 radical (unpaired) electrons. The molecule has 0 unspecified atom stereocenters. The Morgan fingerprint density at radius 1 is 0.844 bits per heavy atom. The quantitative estimate of drug-likeness (QED) is 0.217. The van der Waals surface area contributed by atoms with Gasteiger partial charge in [-0.2, -0.15) is 0 Å². The summed E-state index contributed by atoms with van der Waals surface area (Å²) in [6.45, 7) is 9.49. The average molecular weight is 624 g/mol. The van der Waals surface area contributed by atoms with Gasteiger partial charge in [-0.3, -0.25) is 0 Å². The standard InChI is InChI=1S/C33H42N4O7.H3N/c1-20(2)44-32-31-30(26(35-36-32)13-22-9-11-24(38-5)15-27(22)40-7)34-29(14-23-10-12-25(39-6)16-28(23)41-8)37(31)17-21-18-42-33(3,4)43-19-21;/h9-12,15-16,20-21H,13-14,17-19H2,1-8H3;1H3. The van der Waals surface area contributed by atoms with E-state index in [2.05, 4.69) is 14.8 Å². The van der Waals surface area contributed by atoms with E-state index in [0.29, 0.717) is 66.9 Å². The van der Waals surface area contributed by atoms with Crippen LogP contribution < -0.4 is 29.8 Å². The number of hydrogen-bond donors (Lipinski definition) is 1. The van der Waals surface area contributed by atoms with Crippen LogP contribution in [0.1, 0.15) is 50.3 Å². The van der Waals surface area contributed by atoms with Crippen LogP contribution in [0.4, 0.5) is 0 Å². The van der Waals surface area contributed by atoms with Gasteiger partial charge in [0.25, 0.3) is 5.88 Å². The number of imidazole rings is 1. The van der Waals surface area contributed by atoms with Crippen molar-refractivity contribution in [2.24, 2.45) is 5.92 Å². The van der Waals surface area contributed by atoms with Crippen LogP contribution in [0.3, 0.4) is 0 Å². The highest BCUT2D eigenvalue weighted by atomic mass is 16.7. The summed E-state index contributed by atoms with van der Waals surface area (Å²) in [6.07, 6.45) is 0.828. The summed E-state index contributed by atoms with van der Waals surface area (Å²) in [5, 5.41) is 9.21. The molecule has 1 aliphatic rings. The molecule has 45 heavy (non-hydrogen) atoms. The van der Waals surface area contributed by atoms with Crippen molar-refractivity contribution in [2.75, 3.05) is 41.7 Å². The van der Waals surface area contributed by atoms with Gasteiger partial charge in [-0.05, 0) is 39.8 Å². The largest absolute Gasteiger partial charge is 0.497 e. The summed E-state index contributed by atoms with van der Waals surface area (Å²) in [6, 6.07) is 11.5. The zero-order chi connectivity index (χ0) is 31.4. The lowest BCUT2D eigenvalue weighted by Crippen LogP contribution is -2.40.